The molecule has 106 valence electrons. The van der Waals surface area contributed by atoms with E-state index in [9.17, 15) is 0 Å². The fourth-order valence-electron chi connectivity index (χ4n) is 2.58. The minimum atomic E-state index is 0.497. The number of aromatic nitrogens is 2. The first-order valence-electron chi connectivity index (χ1n) is 7.28. The molecule has 20 heavy (non-hydrogen) atoms. The second-order valence-electron chi connectivity index (χ2n) is 6.14. The Morgan fingerprint density at radius 1 is 1.25 bits per heavy atom. The summed E-state index contributed by atoms with van der Waals surface area (Å²) in [4.78, 5) is 4.65. The van der Waals surface area contributed by atoms with Gasteiger partial charge in [-0.15, -0.1) is 0 Å². The second-order valence-corrected chi connectivity index (χ2v) is 6.14. The van der Waals surface area contributed by atoms with Gasteiger partial charge in [0.1, 0.15) is 11.5 Å². The summed E-state index contributed by atoms with van der Waals surface area (Å²) in [5.74, 6) is 8.64. The monoisotopic (exact) mass is 270 g/mol. The second kappa shape index (κ2) is 4.85. The van der Waals surface area contributed by atoms with Crippen LogP contribution in [-0.2, 0) is 6.42 Å². The quantitative estimate of drug-likeness (QED) is 0.839. The molecule has 1 fully saturated rings. The van der Waals surface area contributed by atoms with E-state index in [-0.39, 0.29) is 0 Å². The molecule has 0 bridgehead atoms. The van der Waals surface area contributed by atoms with Gasteiger partial charge < -0.3 is 11.6 Å². The highest BCUT2D eigenvalue weighted by molar-refractivity contribution is 5.71. The molecule has 1 aliphatic carbocycles. The third kappa shape index (κ3) is 2.38. The molecule has 0 spiro atoms. The van der Waals surface area contributed by atoms with E-state index >= 15 is 0 Å². The molecule has 4 nitrogen and oxygen atoms in total. The first kappa shape index (κ1) is 13.0. The van der Waals surface area contributed by atoms with Crippen LogP contribution in [0.2, 0.25) is 0 Å². The Bertz CT molecular complexity index is 606. The van der Waals surface area contributed by atoms with Crippen molar-refractivity contribution in [2.24, 2.45) is 5.92 Å². The first-order chi connectivity index (χ1) is 9.56. The fraction of sp³-hybridized carbons (Fsp3) is 0.438. The van der Waals surface area contributed by atoms with Crippen LogP contribution >= 0.6 is 0 Å². The van der Waals surface area contributed by atoms with Gasteiger partial charge in [-0.1, -0.05) is 38.1 Å². The molecule has 0 radical (unpaired) electrons. The van der Waals surface area contributed by atoms with Crippen LogP contribution in [0, 0.1) is 5.92 Å². The van der Waals surface area contributed by atoms with Crippen LogP contribution in [0.25, 0.3) is 11.3 Å². The van der Waals surface area contributed by atoms with E-state index in [0.717, 1.165) is 23.5 Å². The van der Waals surface area contributed by atoms with Gasteiger partial charge in [0.15, 0.2) is 5.82 Å². The largest absolute Gasteiger partial charge is 0.382 e. The van der Waals surface area contributed by atoms with Crippen LogP contribution in [0.3, 0.4) is 0 Å². The smallest absolute Gasteiger partial charge is 0.150 e. The molecule has 0 atom stereocenters. The summed E-state index contributed by atoms with van der Waals surface area (Å²) in [7, 11) is 0. The third-order valence-corrected chi connectivity index (χ3v) is 3.79. The summed E-state index contributed by atoms with van der Waals surface area (Å²) in [5.41, 5.74) is 9.29. The van der Waals surface area contributed by atoms with E-state index in [1.165, 1.54) is 18.4 Å². The predicted molar refractivity (Wildman–Crippen MR) is 82.7 cm³/mol. The molecule has 1 aromatic heterocycles. The highest BCUT2D eigenvalue weighted by Crippen LogP contribution is 2.41. The maximum absolute atomic E-state index is 6.10. The molecular formula is C16H22N4. The van der Waals surface area contributed by atoms with E-state index < -0.39 is 0 Å². The van der Waals surface area contributed by atoms with Crippen LogP contribution in [0.15, 0.2) is 24.3 Å². The summed E-state index contributed by atoms with van der Waals surface area (Å²) in [6, 6.07) is 8.49. The third-order valence-electron chi connectivity index (χ3n) is 3.79. The number of nitrogens with zero attached hydrogens (tertiary/aromatic N) is 2. The minimum absolute atomic E-state index is 0.497. The maximum atomic E-state index is 6.10. The van der Waals surface area contributed by atoms with Crippen molar-refractivity contribution in [3.8, 4) is 11.3 Å². The lowest BCUT2D eigenvalue weighted by molar-refractivity contribution is 0.647. The van der Waals surface area contributed by atoms with Gasteiger partial charge in [-0.2, -0.15) is 0 Å². The van der Waals surface area contributed by atoms with Crippen LogP contribution in [-0.4, -0.2) is 9.66 Å². The molecule has 4 heteroatoms. The Hall–Kier alpha value is -1.97. The van der Waals surface area contributed by atoms with Gasteiger partial charge in [0.05, 0.1) is 0 Å². The highest BCUT2D eigenvalue weighted by Gasteiger charge is 2.30. The molecule has 1 heterocycles. The Morgan fingerprint density at radius 3 is 2.45 bits per heavy atom. The lowest BCUT2D eigenvalue weighted by Crippen LogP contribution is -2.14. The van der Waals surface area contributed by atoms with E-state index in [0.29, 0.717) is 17.7 Å². The van der Waals surface area contributed by atoms with Crippen molar-refractivity contribution in [1.82, 2.24) is 9.66 Å². The van der Waals surface area contributed by atoms with Crippen molar-refractivity contribution in [3.05, 3.63) is 35.7 Å². The zero-order valence-corrected chi connectivity index (χ0v) is 12.1. The standard InChI is InChI=1S/C16H22N4/c1-10(2)9-11-3-5-12(6-4-11)14-15(17)20(18)16(19-14)13-7-8-13/h3-6,10,13H,7-9,17-18H2,1-2H3. The van der Waals surface area contributed by atoms with E-state index in [2.05, 4.69) is 43.1 Å². The first-order valence-corrected chi connectivity index (χ1v) is 7.28. The topological polar surface area (TPSA) is 69.9 Å². The number of benzene rings is 1. The van der Waals surface area contributed by atoms with Gasteiger partial charge >= 0.3 is 0 Å². The van der Waals surface area contributed by atoms with E-state index in [1.54, 1.807) is 4.68 Å². The van der Waals surface area contributed by atoms with Crippen molar-refractivity contribution in [2.75, 3.05) is 11.6 Å². The minimum Gasteiger partial charge on any atom is -0.382 e. The van der Waals surface area contributed by atoms with Gasteiger partial charge in [-0.25, -0.2) is 9.66 Å². The average molecular weight is 270 g/mol. The van der Waals surface area contributed by atoms with Crippen molar-refractivity contribution in [3.63, 3.8) is 0 Å². The van der Waals surface area contributed by atoms with Crippen LogP contribution in [0.4, 0.5) is 5.82 Å². The Morgan fingerprint density at radius 2 is 1.90 bits per heavy atom. The van der Waals surface area contributed by atoms with E-state index in [1.807, 2.05) is 0 Å². The molecule has 4 N–H and O–H groups in total. The van der Waals surface area contributed by atoms with Crippen molar-refractivity contribution in [2.45, 2.75) is 39.0 Å². The summed E-state index contributed by atoms with van der Waals surface area (Å²) in [6.07, 6.45) is 3.43. The summed E-state index contributed by atoms with van der Waals surface area (Å²) >= 11 is 0. The normalized spacial score (nSPS) is 14.9. The fourth-order valence-corrected chi connectivity index (χ4v) is 2.58. The molecular weight excluding hydrogens is 248 g/mol. The Balaban J connectivity index is 1.90. The summed E-state index contributed by atoms with van der Waals surface area (Å²) in [6.45, 7) is 4.45. The molecule has 1 saturated carbocycles. The number of hydrogen-bond acceptors (Lipinski definition) is 3. The summed E-state index contributed by atoms with van der Waals surface area (Å²) in [5, 5.41) is 0. The number of nitrogen functional groups attached to an aromatic ring is 2. The van der Waals surface area contributed by atoms with Gasteiger partial charge in [0.25, 0.3) is 0 Å². The number of imidazole rings is 1. The molecule has 1 aromatic carbocycles. The van der Waals surface area contributed by atoms with Crippen LogP contribution in [0.5, 0.6) is 0 Å². The molecule has 0 amide bonds. The highest BCUT2D eigenvalue weighted by atomic mass is 15.4. The predicted octanol–water partition coefficient (Wildman–Crippen LogP) is 2.92. The van der Waals surface area contributed by atoms with Crippen LogP contribution < -0.4 is 11.6 Å². The lowest BCUT2D eigenvalue weighted by atomic mass is 10.0. The summed E-state index contributed by atoms with van der Waals surface area (Å²) < 4.78 is 1.55. The van der Waals surface area contributed by atoms with Crippen molar-refractivity contribution < 1.29 is 0 Å². The SMILES string of the molecule is CC(C)Cc1ccc(-c2nc(C3CC3)n(N)c2N)cc1. The van der Waals surface area contributed by atoms with Crippen LogP contribution in [0.1, 0.15) is 44.0 Å². The number of rotatable bonds is 4. The molecule has 0 aliphatic heterocycles. The Labute approximate surface area is 119 Å². The van der Waals surface area contributed by atoms with Gasteiger partial charge in [-0.3, -0.25) is 0 Å². The van der Waals surface area contributed by atoms with Gasteiger partial charge in [-0.05, 0) is 30.7 Å². The number of nitrogens with two attached hydrogens (primary N) is 2. The average Bonchev–Trinajstić information content (AvgIpc) is 3.20. The number of hydrogen-bond donors (Lipinski definition) is 2. The zero-order valence-electron chi connectivity index (χ0n) is 12.1. The molecule has 1 aliphatic rings. The molecule has 0 saturated heterocycles. The van der Waals surface area contributed by atoms with E-state index in [4.69, 9.17) is 11.6 Å². The lowest BCUT2D eigenvalue weighted by Gasteiger charge is -2.06. The van der Waals surface area contributed by atoms with Crippen molar-refractivity contribution in [1.29, 1.82) is 0 Å². The van der Waals surface area contributed by atoms with Crippen molar-refractivity contribution >= 4 is 5.82 Å². The molecule has 0 unspecified atom stereocenters. The van der Waals surface area contributed by atoms with Gasteiger partial charge in [0, 0.05) is 11.5 Å². The number of anilines is 1. The zero-order chi connectivity index (χ0) is 14.3. The Kier molecular flexibility index (Phi) is 3.16. The maximum Gasteiger partial charge on any atom is 0.150 e. The molecule has 2 aromatic rings. The van der Waals surface area contributed by atoms with Gasteiger partial charge in [0.2, 0.25) is 0 Å². The molecule has 3 rings (SSSR count).